The predicted octanol–water partition coefficient (Wildman–Crippen LogP) is 2.40. The molecule has 0 spiro atoms. The van der Waals surface area contributed by atoms with Gasteiger partial charge in [-0.15, -0.1) is 11.3 Å². The van der Waals surface area contributed by atoms with Gasteiger partial charge in [-0.3, -0.25) is 0 Å². The molecule has 6 heteroatoms. The van der Waals surface area contributed by atoms with Gasteiger partial charge in [0.05, 0.1) is 6.54 Å². The largest absolute Gasteiger partial charge is 0.389 e. The Morgan fingerprint density at radius 1 is 1.44 bits per heavy atom. The Morgan fingerprint density at radius 3 is 2.83 bits per heavy atom. The summed E-state index contributed by atoms with van der Waals surface area (Å²) in [7, 11) is 0. The van der Waals surface area contributed by atoms with E-state index in [0.717, 1.165) is 22.1 Å². The molecule has 0 aliphatic rings. The van der Waals surface area contributed by atoms with Crippen LogP contribution in [0.5, 0.6) is 0 Å². The summed E-state index contributed by atoms with van der Waals surface area (Å²) >= 11 is 6.64. The molecule has 0 saturated carbocycles. The van der Waals surface area contributed by atoms with Crippen molar-refractivity contribution in [3.63, 3.8) is 0 Å². The molecule has 2 heterocycles. The number of thiazole rings is 1. The van der Waals surface area contributed by atoms with Crippen LogP contribution in [-0.2, 0) is 6.54 Å². The van der Waals surface area contributed by atoms with Crippen molar-refractivity contribution in [1.82, 2.24) is 9.97 Å². The van der Waals surface area contributed by atoms with Crippen LogP contribution in [0, 0.1) is 13.8 Å². The summed E-state index contributed by atoms with van der Waals surface area (Å²) in [6, 6.07) is 3.73. The van der Waals surface area contributed by atoms with Gasteiger partial charge >= 0.3 is 0 Å². The van der Waals surface area contributed by atoms with Gasteiger partial charge in [-0.05, 0) is 26.0 Å². The highest BCUT2D eigenvalue weighted by atomic mass is 32.1. The van der Waals surface area contributed by atoms with E-state index in [2.05, 4.69) is 15.3 Å². The first-order valence-electron chi connectivity index (χ1n) is 5.48. The molecule has 0 aromatic carbocycles. The van der Waals surface area contributed by atoms with Crippen LogP contribution >= 0.6 is 23.6 Å². The van der Waals surface area contributed by atoms with E-state index in [9.17, 15) is 0 Å². The number of hydrogen-bond acceptors (Lipinski definition) is 5. The first-order chi connectivity index (χ1) is 8.54. The molecule has 2 aromatic heterocycles. The van der Waals surface area contributed by atoms with Crippen LogP contribution in [0.2, 0.25) is 0 Å². The SMILES string of the molecule is Cc1cc(C(N)=S)cc(NCc2ncc(C)s2)n1. The lowest BCUT2D eigenvalue weighted by molar-refractivity contribution is 1.06. The number of thiocarbonyl (C=S) groups is 1. The Morgan fingerprint density at radius 2 is 2.22 bits per heavy atom. The molecule has 2 aromatic rings. The molecule has 0 amide bonds. The van der Waals surface area contributed by atoms with E-state index in [1.54, 1.807) is 11.3 Å². The molecular formula is C12H14N4S2. The van der Waals surface area contributed by atoms with Gasteiger partial charge in [0.2, 0.25) is 0 Å². The Balaban J connectivity index is 2.11. The topological polar surface area (TPSA) is 63.8 Å². The molecule has 0 atom stereocenters. The van der Waals surface area contributed by atoms with Crippen molar-refractivity contribution < 1.29 is 0 Å². The summed E-state index contributed by atoms with van der Waals surface area (Å²) in [6.07, 6.45) is 1.87. The highest BCUT2D eigenvalue weighted by Gasteiger charge is 2.04. The maximum absolute atomic E-state index is 5.63. The Bertz CT molecular complexity index is 577. The zero-order valence-corrected chi connectivity index (χ0v) is 11.9. The molecule has 0 fully saturated rings. The number of pyridine rings is 1. The zero-order chi connectivity index (χ0) is 13.1. The molecule has 94 valence electrons. The van der Waals surface area contributed by atoms with E-state index in [-0.39, 0.29) is 0 Å². The average molecular weight is 278 g/mol. The summed E-state index contributed by atoms with van der Waals surface area (Å²) in [5.74, 6) is 0.769. The molecular weight excluding hydrogens is 264 g/mol. The monoisotopic (exact) mass is 278 g/mol. The lowest BCUT2D eigenvalue weighted by Crippen LogP contribution is -2.11. The number of rotatable bonds is 4. The number of nitrogens with two attached hydrogens (primary N) is 1. The van der Waals surface area contributed by atoms with Crippen molar-refractivity contribution in [3.8, 4) is 0 Å². The van der Waals surface area contributed by atoms with E-state index in [1.807, 2.05) is 32.2 Å². The molecule has 0 unspecified atom stereocenters. The number of anilines is 1. The Labute approximate surface area is 115 Å². The van der Waals surface area contributed by atoms with Crippen LogP contribution < -0.4 is 11.1 Å². The van der Waals surface area contributed by atoms with E-state index >= 15 is 0 Å². The Kier molecular flexibility index (Phi) is 3.88. The summed E-state index contributed by atoms with van der Waals surface area (Å²) in [5.41, 5.74) is 7.34. The second-order valence-electron chi connectivity index (χ2n) is 3.96. The summed E-state index contributed by atoms with van der Waals surface area (Å²) in [5, 5.41) is 4.27. The summed E-state index contributed by atoms with van der Waals surface area (Å²) in [4.78, 5) is 10.3. The van der Waals surface area contributed by atoms with Crippen LogP contribution in [0.3, 0.4) is 0 Å². The predicted molar refractivity (Wildman–Crippen MR) is 79.0 cm³/mol. The smallest absolute Gasteiger partial charge is 0.127 e. The van der Waals surface area contributed by atoms with Crippen molar-refractivity contribution >= 4 is 34.4 Å². The molecule has 4 nitrogen and oxygen atoms in total. The number of nitrogens with zero attached hydrogens (tertiary/aromatic N) is 2. The third-order valence-electron chi connectivity index (χ3n) is 2.33. The van der Waals surface area contributed by atoms with Gasteiger partial charge in [0, 0.05) is 22.3 Å². The maximum Gasteiger partial charge on any atom is 0.127 e. The minimum absolute atomic E-state index is 0.383. The van der Waals surface area contributed by atoms with Gasteiger partial charge in [0.25, 0.3) is 0 Å². The molecule has 3 N–H and O–H groups in total. The highest BCUT2D eigenvalue weighted by Crippen LogP contribution is 2.14. The fourth-order valence-corrected chi connectivity index (χ4v) is 2.40. The average Bonchev–Trinajstić information content (AvgIpc) is 2.72. The lowest BCUT2D eigenvalue weighted by Gasteiger charge is -2.07. The standard InChI is InChI=1S/C12H14N4S2/c1-7-3-9(12(13)17)4-10(16-7)14-6-11-15-5-8(2)18-11/h3-5H,6H2,1-2H3,(H2,13,17)(H,14,16). The minimum atomic E-state index is 0.383. The fraction of sp³-hybridized carbons (Fsp3) is 0.250. The van der Waals surface area contributed by atoms with Gasteiger partial charge in [-0.25, -0.2) is 9.97 Å². The second-order valence-corrected chi connectivity index (χ2v) is 5.72. The number of nitrogens with one attached hydrogen (secondary N) is 1. The number of aryl methyl sites for hydroxylation is 2. The van der Waals surface area contributed by atoms with Gasteiger partial charge in [0.15, 0.2) is 0 Å². The van der Waals surface area contributed by atoms with Crippen LogP contribution in [0.15, 0.2) is 18.3 Å². The molecule has 0 saturated heterocycles. The second kappa shape index (κ2) is 5.41. The molecule has 0 aliphatic carbocycles. The van der Waals surface area contributed by atoms with Gasteiger partial charge in [-0.1, -0.05) is 12.2 Å². The maximum atomic E-state index is 5.63. The van der Waals surface area contributed by atoms with Crippen molar-refractivity contribution in [2.45, 2.75) is 20.4 Å². The molecule has 0 aliphatic heterocycles. The van der Waals surface area contributed by atoms with Crippen LogP contribution in [0.4, 0.5) is 5.82 Å². The van der Waals surface area contributed by atoms with Crippen molar-refractivity contribution in [1.29, 1.82) is 0 Å². The molecule has 2 rings (SSSR count). The molecule has 18 heavy (non-hydrogen) atoms. The van der Waals surface area contributed by atoms with Crippen LogP contribution in [-0.4, -0.2) is 15.0 Å². The van der Waals surface area contributed by atoms with E-state index < -0.39 is 0 Å². The van der Waals surface area contributed by atoms with Crippen molar-refractivity contribution in [3.05, 3.63) is 39.5 Å². The molecule has 0 bridgehead atoms. The third kappa shape index (κ3) is 3.24. The first kappa shape index (κ1) is 12.9. The quantitative estimate of drug-likeness (QED) is 0.841. The Hall–Kier alpha value is -1.53. The van der Waals surface area contributed by atoms with Crippen LogP contribution in [0.1, 0.15) is 21.1 Å². The normalized spacial score (nSPS) is 10.3. The summed E-state index contributed by atoms with van der Waals surface area (Å²) in [6.45, 7) is 4.61. The minimum Gasteiger partial charge on any atom is -0.389 e. The zero-order valence-electron chi connectivity index (χ0n) is 10.2. The number of hydrogen-bond donors (Lipinski definition) is 2. The van der Waals surface area contributed by atoms with Gasteiger partial charge < -0.3 is 11.1 Å². The summed E-state index contributed by atoms with van der Waals surface area (Å²) < 4.78 is 0. The van der Waals surface area contributed by atoms with E-state index in [4.69, 9.17) is 18.0 Å². The van der Waals surface area contributed by atoms with E-state index in [1.165, 1.54) is 4.88 Å². The molecule has 0 radical (unpaired) electrons. The number of aromatic nitrogens is 2. The van der Waals surface area contributed by atoms with Crippen molar-refractivity contribution in [2.24, 2.45) is 5.73 Å². The lowest BCUT2D eigenvalue weighted by atomic mass is 10.2. The third-order valence-corrected chi connectivity index (χ3v) is 3.48. The van der Waals surface area contributed by atoms with Crippen molar-refractivity contribution in [2.75, 3.05) is 5.32 Å². The van der Waals surface area contributed by atoms with E-state index in [0.29, 0.717) is 11.5 Å². The highest BCUT2D eigenvalue weighted by molar-refractivity contribution is 7.80. The fourth-order valence-electron chi connectivity index (χ4n) is 1.55. The van der Waals surface area contributed by atoms with Gasteiger partial charge in [-0.2, -0.15) is 0 Å². The van der Waals surface area contributed by atoms with Gasteiger partial charge in [0.1, 0.15) is 15.8 Å². The van der Waals surface area contributed by atoms with Crippen LogP contribution in [0.25, 0.3) is 0 Å². The first-order valence-corrected chi connectivity index (χ1v) is 6.71.